The van der Waals surface area contributed by atoms with E-state index in [0.29, 0.717) is 0 Å². The number of anilines is 3. The molecule has 0 spiro atoms. The standard InChI is InChI=1S/C46H31NO/c1-3-11-33(12-4-1)42-27-23-35(30-44(42)46-31-37-14-8-10-18-45(37)48-46)32-21-24-39(25-22-32)47(38-15-5-2-6-16-38)40-26-28-43-36(29-40)20-19-34-13-7-9-17-41(34)43/h1-31H. The molecule has 9 aromatic rings. The van der Waals surface area contributed by atoms with Crippen molar-refractivity contribution >= 4 is 49.6 Å². The van der Waals surface area contributed by atoms with Gasteiger partial charge in [0, 0.05) is 28.0 Å². The molecule has 0 bridgehead atoms. The molecule has 1 aromatic heterocycles. The monoisotopic (exact) mass is 613 g/mol. The largest absolute Gasteiger partial charge is 0.456 e. The lowest BCUT2D eigenvalue weighted by atomic mass is 9.93. The third-order valence-corrected chi connectivity index (χ3v) is 9.26. The maximum atomic E-state index is 6.40. The van der Waals surface area contributed by atoms with Gasteiger partial charge in [0.2, 0.25) is 0 Å². The average molecular weight is 614 g/mol. The Morgan fingerprint density at radius 2 is 0.958 bits per heavy atom. The summed E-state index contributed by atoms with van der Waals surface area (Å²) in [5.74, 6) is 0.868. The topological polar surface area (TPSA) is 16.4 Å². The summed E-state index contributed by atoms with van der Waals surface area (Å²) in [6.07, 6.45) is 0. The van der Waals surface area contributed by atoms with Gasteiger partial charge in [0.15, 0.2) is 0 Å². The lowest BCUT2D eigenvalue weighted by Gasteiger charge is -2.26. The van der Waals surface area contributed by atoms with E-state index in [1.807, 2.05) is 12.1 Å². The minimum atomic E-state index is 0.868. The predicted octanol–water partition coefficient (Wildman–Crippen LogP) is 13.2. The molecule has 0 atom stereocenters. The van der Waals surface area contributed by atoms with Gasteiger partial charge in [-0.1, -0.05) is 133 Å². The first-order valence-corrected chi connectivity index (χ1v) is 16.3. The average Bonchev–Trinajstić information content (AvgIpc) is 3.60. The molecule has 0 aliphatic carbocycles. The van der Waals surface area contributed by atoms with Crippen LogP contribution in [0.4, 0.5) is 17.1 Å². The second-order valence-electron chi connectivity index (χ2n) is 12.2. The summed E-state index contributed by atoms with van der Waals surface area (Å²) < 4.78 is 6.40. The molecule has 48 heavy (non-hydrogen) atoms. The summed E-state index contributed by atoms with van der Waals surface area (Å²) in [4.78, 5) is 2.33. The molecule has 1 heterocycles. The molecule has 0 amide bonds. The molecule has 0 N–H and O–H groups in total. The van der Waals surface area contributed by atoms with Crippen molar-refractivity contribution in [1.29, 1.82) is 0 Å². The van der Waals surface area contributed by atoms with E-state index in [4.69, 9.17) is 4.42 Å². The zero-order valence-electron chi connectivity index (χ0n) is 26.3. The fourth-order valence-corrected chi connectivity index (χ4v) is 6.88. The first-order valence-electron chi connectivity index (χ1n) is 16.3. The van der Waals surface area contributed by atoms with Crippen LogP contribution in [-0.2, 0) is 0 Å². The highest BCUT2D eigenvalue weighted by Crippen LogP contribution is 2.41. The smallest absolute Gasteiger partial charge is 0.136 e. The normalized spacial score (nSPS) is 11.3. The predicted molar refractivity (Wildman–Crippen MR) is 202 cm³/mol. The summed E-state index contributed by atoms with van der Waals surface area (Å²) in [5, 5.41) is 6.12. The Morgan fingerprint density at radius 1 is 0.333 bits per heavy atom. The molecule has 0 unspecified atom stereocenters. The first-order chi connectivity index (χ1) is 23.8. The molecular formula is C46H31NO. The molecule has 8 aromatic carbocycles. The number of para-hydroxylation sites is 2. The van der Waals surface area contributed by atoms with Crippen molar-refractivity contribution in [2.24, 2.45) is 0 Å². The van der Waals surface area contributed by atoms with Crippen LogP contribution in [0.25, 0.3) is 66.1 Å². The first kappa shape index (κ1) is 27.9. The Labute approximate surface area is 279 Å². The van der Waals surface area contributed by atoms with Gasteiger partial charge in [-0.05, 0) is 98.4 Å². The van der Waals surface area contributed by atoms with E-state index in [2.05, 4.69) is 181 Å². The minimum absolute atomic E-state index is 0.868. The van der Waals surface area contributed by atoms with Crippen molar-refractivity contribution in [2.75, 3.05) is 4.90 Å². The SMILES string of the molecule is c1ccc(-c2ccc(-c3ccc(N(c4ccccc4)c4ccc5c(ccc6ccccc65)c4)cc3)cc2-c2cc3ccccc3o2)cc1. The van der Waals surface area contributed by atoms with Crippen LogP contribution in [0.3, 0.4) is 0 Å². The van der Waals surface area contributed by atoms with Crippen molar-refractivity contribution in [3.63, 3.8) is 0 Å². The number of benzene rings is 8. The summed E-state index contributed by atoms with van der Waals surface area (Å²) in [5.41, 5.74) is 9.91. The number of nitrogens with zero attached hydrogens (tertiary/aromatic N) is 1. The van der Waals surface area contributed by atoms with Crippen LogP contribution in [0.1, 0.15) is 0 Å². The van der Waals surface area contributed by atoms with Crippen LogP contribution < -0.4 is 4.90 Å². The maximum absolute atomic E-state index is 6.40. The van der Waals surface area contributed by atoms with Crippen LogP contribution in [-0.4, -0.2) is 0 Å². The molecule has 9 rings (SSSR count). The highest BCUT2D eigenvalue weighted by molar-refractivity contribution is 6.08. The highest BCUT2D eigenvalue weighted by Gasteiger charge is 2.16. The van der Waals surface area contributed by atoms with Gasteiger partial charge in [-0.15, -0.1) is 0 Å². The second-order valence-corrected chi connectivity index (χ2v) is 12.2. The fraction of sp³-hybridized carbons (Fsp3) is 0. The lowest BCUT2D eigenvalue weighted by molar-refractivity contribution is 0.632. The van der Waals surface area contributed by atoms with Crippen molar-refractivity contribution in [1.82, 2.24) is 0 Å². The van der Waals surface area contributed by atoms with Gasteiger partial charge in [-0.2, -0.15) is 0 Å². The Kier molecular flexibility index (Phi) is 6.84. The fourth-order valence-electron chi connectivity index (χ4n) is 6.88. The van der Waals surface area contributed by atoms with E-state index in [0.717, 1.165) is 61.6 Å². The number of fused-ring (bicyclic) bond motifs is 4. The molecule has 0 aliphatic rings. The van der Waals surface area contributed by atoms with Crippen molar-refractivity contribution in [2.45, 2.75) is 0 Å². The zero-order chi connectivity index (χ0) is 31.9. The van der Waals surface area contributed by atoms with Gasteiger partial charge in [0.25, 0.3) is 0 Å². The number of rotatable bonds is 6. The summed E-state index contributed by atoms with van der Waals surface area (Å²) in [6, 6.07) is 66.9. The Hall–Kier alpha value is -6.38. The molecule has 0 saturated heterocycles. The molecule has 2 nitrogen and oxygen atoms in total. The van der Waals surface area contributed by atoms with Crippen LogP contribution in [0.5, 0.6) is 0 Å². The molecule has 0 saturated carbocycles. The molecule has 0 fully saturated rings. The molecule has 2 heteroatoms. The Morgan fingerprint density at radius 3 is 1.77 bits per heavy atom. The van der Waals surface area contributed by atoms with Crippen LogP contribution in [0, 0.1) is 0 Å². The van der Waals surface area contributed by atoms with E-state index in [-0.39, 0.29) is 0 Å². The number of furan rings is 1. The van der Waals surface area contributed by atoms with Crippen molar-refractivity contribution in [3.05, 3.63) is 188 Å². The Balaban J connectivity index is 1.13. The zero-order valence-corrected chi connectivity index (χ0v) is 26.3. The molecular weight excluding hydrogens is 583 g/mol. The van der Waals surface area contributed by atoms with Crippen molar-refractivity contribution in [3.8, 4) is 33.6 Å². The molecule has 226 valence electrons. The van der Waals surface area contributed by atoms with Gasteiger partial charge in [-0.3, -0.25) is 0 Å². The number of hydrogen-bond donors (Lipinski definition) is 0. The van der Waals surface area contributed by atoms with Crippen LogP contribution >= 0.6 is 0 Å². The molecule has 0 aliphatic heterocycles. The summed E-state index contributed by atoms with van der Waals surface area (Å²) in [7, 11) is 0. The summed E-state index contributed by atoms with van der Waals surface area (Å²) >= 11 is 0. The van der Waals surface area contributed by atoms with Crippen LogP contribution in [0.2, 0.25) is 0 Å². The Bertz CT molecular complexity index is 2510. The van der Waals surface area contributed by atoms with Gasteiger partial charge >= 0.3 is 0 Å². The quantitative estimate of drug-likeness (QED) is 0.174. The summed E-state index contributed by atoms with van der Waals surface area (Å²) in [6.45, 7) is 0. The minimum Gasteiger partial charge on any atom is -0.456 e. The van der Waals surface area contributed by atoms with Gasteiger partial charge in [0.1, 0.15) is 11.3 Å². The molecule has 0 radical (unpaired) electrons. The van der Waals surface area contributed by atoms with Gasteiger partial charge in [0.05, 0.1) is 0 Å². The second kappa shape index (κ2) is 11.8. The highest BCUT2D eigenvalue weighted by atomic mass is 16.3. The third-order valence-electron chi connectivity index (χ3n) is 9.26. The third kappa shape index (κ3) is 5.01. The van der Waals surface area contributed by atoms with Gasteiger partial charge < -0.3 is 9.32 Å². The van der Waals surface area contributed by atoms with Crippen LogP contribution in [0.15, 0.2) is 192 Å². The van der Waals surface area contributed by atoms with E-state index >= 15 is 0 Å². The maximum Gasteiger partial charge on any atom is 0.136 e. The van der Waals surface area contributed by atoms with E-state index in [1.165, 1.54) is 21.5 Å². The van der Waals surface area contributed by atoms with Crippen molar-refractivity contribution < 1.29 is 4.42 Å². The van der Waals surface area contributed by atoms with Gasteiger partial charge in [-0.25, -0.2) is 0 Å². The van der Waals surface area contributed by atoms with E-state index in [9.17, 15) is 0 Å². The van der Waals surface area contributed by atoms with E-state index < -0.39 is 0 Å². The van der Waals surface area contributed by atoms with E-state index in [1.54, 1.807) is 0 Å². The lowest BCUT2D eigenvalue weighted by Crippen LogP contribution is -2.09. The number of hydrogen-bond acceptors (Lipinski definition) is 2.